The minimum atomic E-state index is 0.483. The zero-order valence-corrected chi connectivity index (χ0v) is 15.2. The number of aromatic amines is 1. The van der Waals surface area contributed by atoms with Crippen molar-refractivity contribution in [3.63, 3.8) is 0 Å². The van der Waals surface area contributed by atoms with Gasteiger partial charge in [0, 0.05) is 35.6 Å². The highest BCUT2D eigenvalue weighted by Crippen LogP contribution is 2.39. The summed E-state index contributed by atoms with van der Waals surface area (Å²) in [5.41, 5.74) is 2.02. The van der Waals surface area contributed by atoms with E-state index in [-0.39, 0.29) is 0 Å². The molecule has 0 radical (unpaired) electrons. The molecule has 4 rings (SSSR count). The van der Waals surface area contributed by atoms with Crippen molar-refractivity contribution < 1.29 is 4.74 Å². The smallest absolute Gasteiger partial charge is 0.229 e. The fourth-order valence-electron chi connectivity index (χ4n) is 2.47. The molecule has 1 aliphatic rings. The summed E-state index contributed by atoms with van der Waals surface area (Å²) in [6.07, 6.45) is 4.16. The van der Waals surface area contributed by atoms with Crippen molar-refractivity contribution in [1.29, 1.82) is 0 Å². The van der Waals surface area contributed by atoms with E-state index in [1.807, 2.05) is 30.3 Å². The summed E-state index contributed by atoms with van der Waals surface area (Å²) in [5.74, 6) is 3.27. The minimum Gasteiger partial charge on any atom is -0.497 e. The van der Waals surface area contributed by atoms with Gasteiger partial charge < -0.3 is 15.4 Å². The van der Waals surface area contributed by atoms with E-state index >= 15 is 0 Å². The van der Waals surface area contributed by atoms with Crippen LogP contribution in [0.3, 0.4) is 0 Å². The summed E-state index contributed by atoms with van der Waals surface area (Å²) in [4.78, 5) is 8.81. The lowest BCUT2D eigenvalue weighted by Gasteiger charge is -2.09. The first-order valence-electron chi connectivity index (χ1n) is 7.97. The lowest BCUT2D eigenvalue weighted by atomic mass is 10.3. The number of anilines is 4. The molecule has 0 aliphatic heterocycles. The Morgan fingerprint density at radius 1 is 1.24 bits per heavy atom. The predicted octanol–water partition coefficient (Wildman–Crippen LogP) is 4.34. The van der Waals surface area contributed by atoms with Crippen molar-refractivity contribution in [2.45, 2.75) is 18.8 Å². The summed E-state index contributed by atoms with van der Waals surface area (Å²) < 4.78 is 5.99. The number of methoxy groups -OCH3 is 1. The van der Waals surface area contributed by atoms with Crippen LogP contribution in [-0.2, 0) is 0 Å². The van der Waals surface area contributed by atoms with Crippen LogP contribution in [0.25, 0.3) is 0 Å². The van der Waals surface area contributed by atoms with Gasteiger partial charge >= 0.3 is 0 Å². The average molecular weight is 401 g/mol. The van der Waals surface area contributed by atoms with Crippen molar-refractivity contribution in [2.24, 2.45) is 0 Å². The van der Waals surface area contributed by atoms with Gasteiger partial charge in [0.1, 0.15) is 5.75 Å². The van der Waals surface area contributed by atoms with Crippen LogP contribution in [0.2, 0.25) is 0 Å². The monoisotopic (exact) mass is 400 g/mol. The molecule has 3 aromatic rings. The fourth-order valence-corrected chi connectivity index (χ4v) is 2.76. The van der Waals surface area contributed by atoms with E-state index < -0.39 is 0 Å². The van der Waals surface area contributed by atoms with Gasteiger partial charge in [-0.25, -0.2) is 4.98 Å². The number of H-pyrrole nitrogens is 1. The molecule has 1 fully saturated rings. The van der Waals surface area contributed by atoms with Gasteiger partial charge in [-0.1, -0.05) is 6.07 Å². The van der Waals surface area contributed by atoms with Gasteiger partial charge in [-0.3, -0.25) is 5.10 Å². The lowest BCUT2D eigenvalue weighted by molar-refractivity contribution is 0.415. The summed E-state index contributed by atoms with van der Waals surface area (Å²) in [6.45, 7) is 0. The number of hydrogen-bond acceptors (Lipinski definition) is 6. The van der Waals surface area contributed by atoms with E-state index in [2.05, 4.69) is 46.7 Å². The summed E-state index contributed by atoms with van der Waals surface area (Å²) in [7, 11) is 1.64. The molecule has 128 valence electrons. The molecular weight excluding hydrogens is 384 g/mol. The fraction of sp³-hybridized carbons (Fsp3) is 0.235. The first-order chi connectivity index (χ1) is 12.2. The highest BCUT2D eigenvalue weighted by Gasteiger charge is 2.25. The molecule has 0 spiro atoms. The number of rotatable bonds is 6. The Labute approximate surface area is 153 Å². The third kappa shape index (κ3) is 3.74. The maximum Gasteiger partial charge on any atom is 0.229 e. The predicted molar refractivity (Wildman–Crippen MR) is 99.9 cm³/mol. The van der Waals surface area contributed by atoms with Gasteiger partial charge in [0.15, 0.2) is 11.6 Å². The van der Waals surface area contributed by atoms with Crippen LogP contribution in [-0.4, -0.2) is 27.3 Å². The number of nitrogens with one attached hydrogen (secondary N) is 3. The average Bonchev–Trinajstić information content (AvgIpc) is 3.38. The first kappa shape index (κ1) is 15.9. The van der Waals surface area contributed by atoms with Crippen LogP contribution in [0.5, 0.6) is 5.75 Å². The van der Waals surface area contributed by atoms with Crippen LogP contribution < -0.4 is 15.4 Å². The summed E-state index contributed by atoms with van der Waals surface area (Å²) in [6, 6.07) is 9.63. The van der Waals surface area contributed by atoms with Gasteiger partial charge in [0.2, 0.25) is 5.95 Å². The Kier molecular flexibility index (Phi) is 4.27. The molecule has 2 heterocycles. The van der Waals surface area contributed by atoms with Crippen molar-refractivity contribution in [3.8, 4) is 5.75 Å². The molecular formula is C17H17BrN6O. The molecule has 2 aromatic heterocycles. The Hall–Kier alpha value is -2.61. The number of hydrogen-bond donors (Lipinski definition) is 3. The second-order valence-corrected chi connectivity index (χ2v) is 6.71. The highest BCUT2D eigenvalue weighted by molar-refractivity contribution is 9.10. The van der Waals surface area contributed by atoms with Crippen molar-refractivity contribution in [1.82, 2.24) is 20.2 Å². The van der Waals surface area contributed by atoms with E-state index in [1.165, 1.54) is 18.5 Å². The van der Waals surface area contributed by atoms with Crippen LogP contribution >= 0.6 is 15.9 Å². The van der Waals surface area contributed by atoms with Gasteiger partial charge in [-0.2, -0.15) is 10.1 Å². The Morgan fingerprint density at radius 3 is 2.92 bits per heavy atom. The van der Waals surface area contributed by atoms with Crippen LogP contribution in [0.4, 0.5) is 23.3 Å². The highest BCUT2D eigenvalue weighted by atomic mass is 79.9. The first-order valence-corrected chi connectivity index (χ1v) is 8.76. The van der Waals surface area contributed by atoms with Gasteiger partial charge in [0.25, 0.3) is 0 Å². The minimum absolute atomic E-state index is 0.483. The Morgan fingerprint density at radius 2 is 2.12 bits per heavy atom. The third-order valence-corrected chi connectivity index (χ3v) is 4.51. The van der Waals surface area contributed by atoms with Crippen LogP contribution in [0.15, 0.2) is 41.0 Å². The third-order valence-electron chi connectivity index (χ3n) is 3.93. The normalized spacial score (nSPS) is 13.5. The van der Waals surface area contributed by atoms with E-state index in [4.69, 9.17) is 4.74 Å². The SMILES string of the molecule is COc1cccc(Nc2ncc(Br)c(Nc3cc(C4CC4)[nH]n3)n2)c1. The zero-order valence-electron chi connectivity index (χ0n) is 13.6. The molecule has 25 heavy (non-hydrogen) atoms. The molecule has 3 N–H and O–H groups in total. The Balaban J connectivity index is 1.52. The van der Waals surface area contributed by atoms with E-state index in [0.717, 1.165) is 21.7 Å². The van der Waals surface area contributed by atoms with Gasteiger partial charge in [-0.15, -0.1) is 0 Å². The lowest BCUT2D eigenvalue weighted by Crippen LogP contribution is -2.02. The number of benzene rings is 1. The molecule has 7 nitrogen and oxygen atoms in total. The molecule has 0 atom stereocenters. The van der Waals surface area contributed by atoms with E-state index in [9.17, 15) is 0 Å². The molecule has 8 heteroatoms. The van der Waals surface area contributed by atoms with Crippen LogP contribution in [0, 0.1) is 0 Å². The van der Waals surface area contributed by atoms with Crippen molar-refractivity contribution in [2.75, 3.05) is 17.7 Å². The molecule has 0 unspecified atom stereocenters. The largest absolute Gasteiger partial charge is 0.497 e. The maximum absolute atomic E-state index is 5.23. The summed E-state index contributed by atoms with van der Waals surface area (Å²) in [5, 5.41) is 13.8. The topological polar surface area (TPSA) is 87.8 Å². The van der Waals surface area contributed by atoms with Crippen molar-refractivity contribution in [3.05, 3.63) is 46.7 Å². The molecule has 0 amide bonds. The second-order valence-electron chi connectivity index (χ2n) is 5.85. The van der Waals surface area contributed by atoms with Gasteiger partial charge in [-0.05, 0) is 40.9 Å². The van der Waals surface area contributed by atoms with Crippen LogP contribution in [0.1, 0.15) is 24.5 Å². The number of halogens is 1. The number of nitrogens with zero attached hydrogens (tertiary/aromatic N) is 3. The zero-order chi connectivity index (χ0) is 17.2. The number of ether oxygens (including phenoxy) is 1. The second kappa shape index (κ2) is 6.72. The molecule has 1 aromatic carbocycles. The van der Waals surface area contributed by atoms with Crippen molar-refractivity contribution >= 4 is 39.2 Å². The Bertz CT molecular complexity index is 892. The molecule has 1 aliphatic carbocycles. The number of aromatic nitrogens is 4. The maximum atomic E-state index is 5.23. The molecule has 0 saturated heterocycles. The van der Waals surface area contributed by atoms with E-state index in [1.54, 1.807) is 13.3 Å². The van der Waals surface area contributed by atoms with E-state index in [0.29, 0.717) is 17.7 Å². The molecule has 1 saturated carbocycles. The molecule has 0 bridgehead atoms. The van der Waals surface area contributed by atoms with Gasteiger partial charge in [0.05, 0.1) is 11.6 Å². The summed E-state index contributed by atoms with van der Waals surface area (Å²) >= 11 is 3.47. The quantitative estimate of drug-likeness (QED) is 0.570. The standard InChI is InChI=1S/C17H17BrN6O/c1-25-12-4-2-3-11(7-12)20-17-19-9-13(18)16(22-17)21-15-8-14(23-24-15)10-5-6-10/h2-4,7-10H,5-6H2,1H3,(H3,19,20,21,22,23,24).